The molecule has 1 nitrogen and oxygen atoms in total. The summed E-state index contributed by atoms with van der Waals surface area (Å²) in [5.41, 5.74) is 4.63. The van der Waals surface area contributed by atoms with Gasteiger partial charge in [0.05, 0.1) is 0 Å². The minimum absolute atomic E-state index is 0.805. The zero-order chi connectivity index (χ0) is 14.4. The standard InChI is InChI=1S/C20H29N/c1-14-4-3-5-19(15(14)2)17-8-10-21(11-9-17)20-13-16-6-7-18(20)12-16/h3-5,16-18,20H,6-13H2,1-2H3/t16-,18-,20?/m0/s1. The fourth-order valence-corrected chi connectivity index (χ4v) is 5.42. The van der Waals surface area contributed by atoms with Gasteiger partial charge >= 0.3 is 0 Å². The minimum atomic E-state index is 0.805. The number of benzene rings is 1. The van der Waals surface area contributed by atoms with Crippen molar-refractivity contribution < 1.29 is 0 Å². The monoisotopic (exact) mass is 283 g/mol. The molecule has 114 valence electrons. The molecule has 1 aliphatic heterocycles. The van der Waals surface area contributed by atoms with Crippen LogP contribution in [-0.4, -0.2) is 24.0 Å². The molecule has 21 heavy (non-hydrogen) atoms. The van der Waals surface area contributed by atoms with Crippen LogP contribution in [0, 0.1) is 25.7 Å². The number of rotatable bonds is 2. The number of piperidine rings is 1. The molecule has 1 heteroatoms. The average molecular weight is 283 g/mol. The lowest BCUT2D eigenvalue weighted by Crippen LogP contribution is -2.43. The largest absolute Gasteiger partial charge is 0.300 e. The smallest absolute Gasteiger partial charge is 0.0126 e. The number of hydrogen-bond donors (Lipinski definition) is 0. The van der Waals surface area contributed by atoms with E-state index in [1.807, 2.05) is 0 Å². The van der Waals surface area contributed by atoms with Crippen LogP contribution < -0.4 is 0 Å². The Kier molecular flexibility index (Phi) is 3.57. The molecule has 1 heterocycles. The Morgan fingerprint density at radius 3 is 2.43 bits per heavy atom. The maximum Gasteiger partial charge on any atom is 0.0126 e. The summed E-state index contributed by atoms with van der Waals surface area (Å²) < 4.78 is 0. The molecule has 1 aromatic rings. The average Bonchev–Trinajstić information content (AvgIpc) is 3.13. The van der Waals surface area contributed by atoms with E-state index in [0.29, 0.717) is 0 Å². The fourth-order valence-electron chi connectivity index (χ4n) is 5.42. The molecule has 3 aliphatic rings. The van der Waals surface area contributed by atoms with Crippen molar-refractivity contribution in [2.45, 2.75) is 64.3 Å². The van der Waals surface area contributed by atoms with E-state index >= 15 is 0 Å². The number of nitrogens with zero attached hydrogens (tertiary/aromatic N) is 1. The zero-order valence-corrected chi connectivity index (χ0v) is 13.6. The van der Waals surface area contributed by atoms with Crippen LogP contribution in [0.2, 0.25) is 0 Å². The van der Waals surface area contributed by atoms with Crippen molar-refractivity contribution in [3.63, 3.8) is 0 Å². The summed E-state index contributed by atoms with van der Waals surface area (Å²) in [5, 5.41) is 0. The number of hydrogen-bond acceptors (Lipinski definition) is 1. The van der Waals surface area contributed by atoms with Crippen LogP contribution in [0.15, 0.2) is 18.2 Å². The summed E-state index contributed by atoms with van der Waals surface area (Å²) in [5.74, 6) is 2.93. The van der Waals surface area contributed by atoms with E-state index in [0.717, 1.165) is 23.8 Å². The number of fused-ring (bicyclic) bond motifs is 2. The molecule has 1 unspecified atom stereocenters. The molecule has 0 radical (unpaired) electrons. The first-order chi connectivity index (χ1) is 10.2. The topological polar surface area (TPSA) is 3.24 Å². The van der Waals surface area contributed by atoms with Gasteiger partial charge in [0.25, 0.3) is 0 Å². The van der Waals surface area contributed by atoms with Gasteiger partial charge in [-0.3, -0.25) is 0 Å². The van der Waals surface area contributed by atoms with Crippen molar-refractivity contribution in [1.82, 2.24) is 4.90 Å². The predicted molar refractivity (Wildman–Crippen MR) is 88.7 cm³/mol. The molecule has 1 aromatic carbocycles. The van der Waals surface area contributed by atoms with Gasteiger partial charge in [0.1, 0.15) is 0 Å². The highest BCUT2D eigenvalue weighted by Gasteiger charge is 2.42. The molecule has 3 fully saturated rings. The van der Waals surface area contributed by atoms with Crippen LogP contribution >= 0.6 is 0 Å². The molecule has 2 saturated carbocycles. The van der Waals surface area contributed by atoms with E-state index in [9.17, 15) is 0 Å². The summed E-state index contributed by atoms with van der Waals surface area (Å²) in [4.78, 5) is 2.85. The van der Waals surface area contributed by atoms with Gasteiger partial charge in [0.15, 0.2) is 0 Å². The Labute approximate surface area is 129 Å². The molecule has 0 amide bonds. The second-order valence-corrected chi connectivity index (χ2v) is 7.84. The number of aryl methyl sites for hydroxylation is 1. The van der Waals surface area contributed by atoms with Gasteiger partial charge < -0.3 is 4.90 Å². The third-order valence-electron chi connectivity index (χ3n) is 6.79. The van der Waals surface area contributed by atoms with E-state index in [-0.39, 0.29) is 0 Å². The summed E-state index contributed by atoms with van der Waals surface area (Å²) >= 11 is 0. The van der Waals surface area contributed by atoms with E-state index in [4.69, 9.17) is 0 Å². The molecule has 1 saturated heterocycles. The second-order valence-electron chi connectivity index (χ2n) is 7.84. The van der Waals surface area contributed by atoms with Crippen molar-refractivity contribution in [2.75, 3.05) is 13.1 Å². The van der Waals surface area contributed by atoms with Gasteiger partial charge in [-0.25, -0.2) is 0 Å². The van der Waals surface area contributed by atoms with Crippen LogP contribution in [0.25, 0.3) is 0 Å². The van der Waals surface area contributed by atoms with Crippen molar-refractivity contribution >= 4 is 0 Å². The minimum Gasteiger partial charge on any atom is -0.300 e. The molecule has 4 rings (SSSR count). The lowest BCUT2D eigenvalue weighted by molar-refractivity contribution is 0.110. The second kappa shape index (κ2) is 5.43. The van der Waals surface area contributed by atoms with Gasteiger partial charge in [0.2, 0.25) is 0 Å². The first-order valence-electron chi connectivity index (χ1n) is 9.02. The van der Waals surface area contributed by atoms with Crippen molar-refractivity contribution in [3.05, 3.63) is 34.9 Å². The number of likely N-dealkylation sites (tertiary alicyclic amines) is 1. The molecule has 0 aromatic heterocycles. The summed E-state index contributed by atoms with van der Waals surface area (Å²) in [6.07, 6.45) is 8.85. The fraction of sp³-hybridized carbons (Fsp3) is 0.700. The summed E-state index contributed by atoms with van der Waals surface area (Å²) in [7, 11) is 0. The highest BCUT2D eigenvalue weighted by Crippen LogP contribution is 2.47. The third-order valence-corrected chi connectivity index (χ3v) is 6.79. The Morgan fingerprint density at radius 1 is 0.952 bits per heavy atom. The lowest BCUT2D eigenvalue weighted by Gasteiger charge is -2.40. The highest BCUT2D eigenvalue weighted by molar-refractivity contribution is 5.35. The van der Waals surface area contributed by atoms with Crippen LogP contribution in [0.1, 0.15) is 61.1 Å². The Hall–Kier alpha value is -0.820. The summed E-state index contributed by atoms with van der Waals surface area (Å²) in [6, 6.07) is 7.83. The van der Waals surface area contributed by atoms with Crippen LogP contribution in [0.3, 0.4) is 0 Å². The Balaban J connectivity index is 1.42. The quantitative estimate of drug-likeness (QED) is 0.762. The van der Waals surface area contributed by atoms with Crippen LogP contribution in [-0.2, 0) is 0 Å². The zero-order valence-electron chi connectivity index (χ0n) is 13.6. The van der Waals surface area contributed by atoms with E-state index in [2.05, 4.69) is 36.9 Å². The molecule has 2 aliphatic carbocycles. The van der Waals surface area contributed by atoms with E-state index in [1.165, 1.54) is 56.3 Å². The lowest BCUT2D eigenvalue weighted by atomic mass is 9.84. The van der Waals surface area contributed by atoms with Gasteiger partial charge in [-0.1, -0.05) is 24.6 Å². The SMILES string of the molecule is Cc1cccc(C2CCN(C3C[C@H]4CC[C@H]3C4)CC2)c1C. The van der Waals surface area contributed by atoms with Crippen LogP contribution in [0.5, 0.6) is 0 Å². The molecule has 2 bridgehead atoms. The van der Waals surface area contributed by atoms with Crippen molar-refractivity contribution in [1.29, 1.82) is 0 Å². The molecular formula is C20H29N. The van der Waals surface area contributed by atoms with E-state index in [1.54, 1.807) is 12.0 Å². The van der Waals surface area contributed by atoms with Gasteiger partial charge in [0, 0.05) is 6.04 Å². The first kappa shape index (κ1) is 13.8. The molecule has 3 atom stereocenters. The van der Waals surface area contributed by atoms with Gasteiger partial charge in [-0.05, 0) is 93.5 Å². The van der Waals surface area contributed by atoms with Crippen molar-refractivity contribution in [2.24, 2.45) is 11.8 Å². The Morgan fingerprint density at radius 2 is 1.76 bits per heavy atom. The van der Waals surface area contributed by atoms with Crippen LogP contribution in [0.4, 0.5) is 0 Å². The molecular weight excluding hydrogens is 254 g/mol. The normalized spacial score (nSPS) is 33.7. The van der Waals surface area contributed by atoms with Crippen molar-refractivity contribution in [3.8, 4) is 0 Å². The third kappa shape index (κ3) is 2.44. The first-order valence-corrected chi connectivity index (χ1v) is 9.02. The molecule has 0 N–H and O–H groups in total. The van der Waals surface area contributed by atoms with E-state index < -0.39 is 0 Å². The predicted octanol–water partition coefficient (Wildman–Crippen LogP) is 4.67. The Bertz CT molecular complexity index is 513. The summed E-state index contributed by atoms with van der Waals surface area (Å²) in [6.45, 7) is 7.24. The maximum absolute atomic E-state index is 2.85. The highest BCUT2D eigenvalue weighted by atomic mass is 15.2. The maximum atomic E-state index is 2.85. The van der Waals surface area contributed by atoms with Gasteiger partial charge in [-0.2, -0.15) is 0 Å². The van der Waals surface area contributed by atoms with Gasteiger partial charge in [-0.15, -0.1) is 0 Å². The molecule has 0 spiro atoms.